The molecule has 1 aliphatic heterocycles. The Morgan fingerprint density at radius 1 is 0.925 bits per heavy atom. The number of hydrogen-bond acceptors (Lipinski definition) is 6. The van der Waals surface area contributed by atoms with Gasteiger partial charge in [0.15, 0.2) is 5.82 Å². The second-order valence-electron chi connectivity index (χ2n) is 10.2. The first kappa shape index (κ1) is 28.9. The smallest absolute Gasteiger partial charge is 0.342 e. The second kappa shape index (κ2) is 13.3. The van der Waals surface area contributed by atoms with Crippen molar-refractivity contribution in [1.29, 1.82) is 0 Å². The monoisotopic (exact) mass is 542 g/mol. The van der Waals surface area contributed by atoms with Crippen LogP contribution in [0.15, 0.2) is 54.6 Å². The van der Waals surface area contributed by atoms with Gasteiger partial charge in [-0.25, -0.2) is 14.8 Å². The van der Waals surface area contributed by atoms with Gasteiger partial charge in [0.25, 0.3) is 11.8 Å². The van der Waals surface area contributed by atoms with Crippen molar-refractivity contribution >= 4 is 17.8 Å². The minimum absolute atomic E-state index is 0.0236. The molecule has 0 saturated carbocycles. The molecule has 8 nitrogen and oxygen atoms in total. The van der Waals surface area contributed by atoms with Crippen LogP contribution in [0.25, 0.3) is 11.4 Å². The van der Waals surface area contributed by atoms with E-state index >= 15 is 0 Å². The fourth-order valence-corrected chi connectivity index (χ4v) is 5.04. The first-order valence-electron chi connectivity index (χ1n) is 14.1. The maximum absolute atomic E-state index is 13.8. The van der Waals surface area contributed by atoms with Gasteiger partial charge in [-0.15, -0.1) is 0 Å². The second-order valence-corrected chi connectivity index (χ2v) is 10.2. The minimum atomic E-state index is -0.622. The van der Waals surface area contributed by atoms with Gasteiger partial charge in [-0.2, -0.15) is 0 Å². The Labute approximate surface area is 236 Å². The normalized spacial score (nSPS) is 15.2. The van der Waals surface area contributed by atoms with Crippen molar-refractivity contribution in [3.05, 3.63) is 82.7 Å². The number of hydrogen-bond donors (Lipinski definition) is 0. The summed E-state index contributed by atoms with van der Waals surface area (Å²) in [5.74, 6) is -0.672. The molecule has 0 aliphatic carbocycles. The number of esters is 1. The van der Waals surface area contributed by atoms with Gasteiger partial charge >= 0.3 is 5.97 Å². The van der Waals surface area contributed by atoms with E-state index in [-0.39, 0.29) is 35.7 Å². The van der Waals surface area contributed by atoms with Crippen LogP contribution in [0.4, 0.5) is 0 Å². The lowest BCUT2D eigenvalue weighted by atomic mass is 10.0. The summed E-state index contributed by atoms with van der Waals surface area (Å²) in [6, 6.07) is 17.0. The molecule has 2 amide bonds. The highest BCUT2D eigenvalue weighted by molar-refractivity contribution is 6.05. The number of ether oxygens (including phenoxy) is 1. The van der Waals surface area contributed by atoms with Gasteiger partial charge < -0.3 is 14.5 Å². The zero-order valence-corrected chi connectivity index (χ0v) is 23.9. The van der Waals surface area contributed by atoms with Crippen molar-refractivity contribution in [1.82, 2.24) is 19.8 Å². The molecule has 0 spiro atoms. The predicted octanol–water partition coefficient (Wildman–Crippen LogP) is 5.35. The molecule has 2 heterocycles. The number of benzene rings is 2. The average Bonchev–Trinajstić information content (AvgIpc) is 2.97. The van der Waals surface area contributed by atoms with Crippen LogP contribution < -0.4 is 0 Å². The van der Waals surface area contributed by atoms with Crippen molar-refractivity contribution in [2.24, 2.45) is 0 Å². The molecule has 4 rings (SSSR count). The van der Waals surface area contributed by atoms with Crippen LogP contribution >= 0.6 is 0 Å². The number of carbonyl (C=O) groups is 3. The van der Waals surface area contributed by atoms with Gasteiger partial charge in [-0.05, 0) is 51.3 Å². The Morgan fingerprint density at radius 2 is 1.65 bits per heavy atom. The molecule has 0 N–H and O–H groups in total. The molecule has 1 atom stereocenters. The topological polar surface area (TPSA) is 92.7 Å². The zero-order valence-electron chi connectivity index (χ0n) is 23.9. The highest BCUT2D eigenvalue weighted by Gasteiger charge is 2.34. The van der Waals surface area contributed by atoms with Gasteiger partial charge in [-0.3, -0.25) is 9.59 Å². The van der Waals surface area contributed by atoms with Crippen molar-refractivity contribution in [2.75, 3.05) is 26.2 Å². The Bertz CT molecular complexity index is 1340. The van der Waals surface area contributed by atoms with Crippen molar-refractivity contribution in [2.45, 2.75) is 59.4 Å². The quantitative estimate of drug-likeness (QED) is 0.267. The minimum Gasteiger partial charge on any atom is -0.462 e. The molecule has 1 saturated heterocycles. The lowest BCUT2D eigenvalue weighted by Crippen LogP contribution is -2.55. The Kier molecular flexibility index (Phi) is 9.64. The molecular weight excluding hydrogens is 504 g/mol. The van der Waals surface area contributed by atoms with Gasteiger partial charge in [-0.1, -0.05) is 62.2 Å². The molecule has 2 aromatic carbocycles. The molecule has 0 bridgehead atoms. The summed E-state index contributed by atoms with van der Waals surface area (Å²) in [6.07, 6.45) is 4.54. The summed E-state index contributed by atoms with van der Waals surface area (Å²) in [5.41, 5.74) is 3.12. The summed E-state index contributed by atoms with van der Waals surface area (Å²) in [5, 5.41) is 0. The SMILES string of the molecule is CCCCCc1ccc(C(=O)N2CCN(C(=O)c3nc(-c4ccccc4)nc(C)c3C(=O)OCC)CC2C)cc1. The lowest BCUT2D eigenvalue weighted by molar-refractivity contribution is 0.0406. The molecule has 8 heteroatoms. The van der Waals surface area contributed by atoms with E-state index in [9.17, 15) is 14.4 Å². The summed E-state index contributed by atoms with van der Waals surface area (Å²) in [7, 11) is 0. The average molecular weight is 543 g/mol. The van der Waals surface area contributed by atoms with Crippen LogP contribution in [0.2, 0.25) is 0 Å². The van der Waals surface area contributed by atoms with Crippen LogP contribution in [-0.4, -0.2) is 69.8 Å². The van der Waals surface area contributed by atoms with E-state index in [1.54, 1.807) is 18.7 Å². The van der Waals surface area contributed by atoms with Crippen LogP contribution in [0.5, 0.6) is 0 Å². The van der Waals surface area contributed by atoms with Crippen LogP contribution in [-0.2, 0) is 11.2 Å². The molecule has 1 aromatic heterocycles. The molecule has 1 fully saturated rings. The number of unbranched alkanes of at least 4 members (excludes halogenated alkanes) is 2. The number of amides is 2. The summed E-state index contributed by atoms with van der Waals surface area (Å²) >= 11 is 0. The molecular formula is C32H38N4O4. The third-order valence-corrected chi connectivity index (χ3v) is 7.25. The standard InChI is InChI=1S/C32H38N4O4/c1-5-7-9-12-24-15-17-26(18-16-24)30(37)36-20-19-35(21-22(36)3)31(38)28-27(32(39)40-6-2)23(4)33-29(34-28)25-13-10-8-11-14-25/h8,10-11,13-18,22H,5-7,9,12,19-21H2,1-4H3. The van der Waals surface area contributed by atoms with E-state index in [0.29, 0.717) is 36.7 Å². The molecule has 0 radical (unpaired) electrons. The predicted molar refractivity (Wildman–Crippen MR) is 154 cm³/mol. The zero-order chi connectivity index (χ0) is 28.6. The van der Waals surface area contributed by atoms with Gasteiger partial charge in [0.05, 0.1) is 12.3 Å². The van der Waals surface area contributed by atoms with Crippen molar-refractivity contribution in [3.8, 4) is 11.4 Å². The summed E-state index contributed by atoms with van der Waals surface area (Å²) in [6.45, 7) is 8.73. The van der Waals surface area contributed by atoms with E-state index in [1.807, 2.05) is 66.4 Å². The van der Waals surface area contributed by atoms with Gasteiger partial charge in [0, 0.05) is 36.8 Å². The first-order valence-corrected chi connectivity index (χ1v) is 14.1. The fraction of sp³-hybridized carbons (Fsp3) is 0.406. The van der Waals surface area contributed by atoms with E-state index < -0.39 is 5.97 Å². The highest BCUT2D eigenvalue weighted by atomic mass is 16.5. The van der Waals surface area contributed by atoms with E-state index in [2.05, 4.69) is 16.9 Å². The third kappa shape index (κ3) is 6.55. The van der Waals surface area contributed by atoms with Crippen molar-refractivity contribution < 1.29 is 19.1 Å². The molecule has 1 unspecified atom stereocenters. The Morgan fingerprint density at radius 3 is 2.30 bits per heavy atom. The summed E-state index contributed by atoms with van der Waals surface area (Å²) < 4.78 is 5.24. The first-order chi connectivity index (χ1) is 19.3. The number of aryl methyl sites for hydroxylation is 2. The van der Waals surface area contributed by atoms with E-state index in [0.717, 1.165) is 18.4 Å². The largest absolute Gasteiger partial charge is 0.462 e. The highest BCUT2D eigenvalue weighted by Crippen LogP contribution is 2.23. The van der Waals surface area contributed by atoms with E-state index in [1.165, 1.54) is 18.4 Å². The van der Waals surface area contributed by atoms with Gasteiger partial charge in [0.2, 0.25) is 0 Å². The van der Waals surface area contributed by atoms with Gasteiger partial charge in [0.1, 0.15) is 11.3 Å². The van der Waals surface area contributed by atoms with E-state index in [4.69, 9.17) is 4.74 Å². The van der Waals surface area contributed by atoms with Crippen molar-refractivity contribution in [3.63, 3.8) is 0 Å². The maximum Gasteiger partial charge on any atom is 0.342 e. The van der Waals surface area contributed by atoms with Crippen LogP contribution in [0, 0.1) is 6.92 Å². The number of aromatic nitrogens is 2. The Balaban J connectivity index is 1.53. The lowest BCUT2D eigenvalue weighted by Gasteiger charge is -2.40. The Hall–Kier alpha value is -4.07. The van der Waals surface area contributed by atoms with Crippen LogP contribution in [0.3, 0.4) is 0 Å². The fourth-order valence-electron chi connectivity index (χ4n) is 5.04. The summed E-state index contributed by atoms with van der Waals surface area (Å²) in [4.78, 5) is 52.5. The number of rotatable bonds is 9. The molecule has 210 valence electrons. The van der Waals surface area contributed by atoms with Crippen LogP contribution in [0.1, 0.15) is 82.5 Å². The number of carbonyl (C=O) groups excluding carboxylic acids is 3. The third-order valence-electron chi connectivity index (χ3n) is 7.25. The number of nitrogens with zero attached hydrogens (tertiary/aromatic N) is 4. The molecule has 40 heavy (non-hydrogen) atoms. The number of piperazine rings is 1. The molecule has 3 aromatic rings. The molecule has 1 aliphatic rings. The maximum atomic E-state index is 13.8.